The highest BCUT2D eigenvalue weighted by Gasteiger charge is 2.09. The molecule has 0 radical (unpaired) electrons. The normalized spacial score (nSPS) is 12.6. The van der Waals surface area contributed by atoms with Crippen LogP contribution in [-0.2, 0) is 9.53 Å². The fourth-order valence-electron chi connectivity index (χ4n) is 4.76. The molecule has 0 heterocycles. The molecule has 0 aliphatic rings. The molecule has 0 spiro atoms. The molecule has 208 valence electrons. The lowest BCUT2D eigenvalue weighted by Gasteiger charge is -2.19. The van der Waals surface area contributed by atoms with E-state index in [0.717, 1.165) is 25.2 Å². The summed E-state index contributed by atoms with van der Waals surface area (Å²) < 4.78 is 5.29. The first-order chi connectivity index (χ1) is 17.1. The Kier molecular flexibility index (Phi) is 27.1. The van der Waals surface area contributed by atoms with Crippen molar-refractivity contribution in [1.29, 1.82) is 0 Å². The average molecular weight is 494 g/mol. The number of unbranched alkanes of at least 4 members (excludes halogenated alkanes) is 15. The third-order valence-electron chi connectivity index (χ3n) is 7.18. The molecule has 3 nitrogen and oxygen atoms in total. The van der Waals surface area contributed by atoms with Crippen LogP contribution in [0.3, 0.4) is 0 Å². The fraction of sp³-hybridized carbons (Fsp3) is 0.906. The Balaban J connectivity index is 3.66. The van der Waals surface area contributed by atoms with Gasteiger partial charge in [0, 0.05) is 6.42 Å². The molecule has 0 saturated carbocycles. The van der Waals surface area contributed by atoms with Gasteiger partial charge in [-0.2, -0.15) is 0 Å². The van der Waals surface area contributed by atoms with Crippen molar-refractivity contribution in [3.63, 3.8) is 0 Å². The van der Waals surface area contributed by atoms with E-state index in [9.17, 15) is 4.79 Å². The van der Waals surface area contributed by atoms with Crippen LogP contribution in [0.4, 0.5) is 0 Å². The van der Waals surface area contributed by atoms with Crippen molar-refractivity contribution >= 4 is 5.97 Å². The third kappa shape index (κ3) is 27.6. The van der Waals surface area contributed by atoms with Gasteiger partial charge in [0.15, 0.2) is 0 Å². The zero-order valence-corrected chi connectivity index (χ0v) is 24.5. The highest BCUT2D eigenvalue weighted by Crippen LogP contribution is 2.22. The number of ether oxygens (including phenoxy) is 1. The number of rotatable bonds is 27. The van der Waals surface area contributed by atoms with Crippen LogP contribution < -0.4 is 0 Å². The van der Waals surface area contributed by atoms with Crippen molar-refractivity contribution in [3.05, 3.63) is 12.2 Å². The summed E-state index contributed by atoms with van der Waals surface area (Å²) >= 11 is 0. The Morgan fingerprint density at radius 1 is 0.657 bits per heavy atom. The Morgan fingerprint density at radius 3 is 1.74 bits per heavy atom. The van der Waals surface area contributed by atoms with Crippen LogP contribution in [0.25, 0.3) is 0 Å². The maximum Gasteiger partial charge on any atom is 0.306 e. The zero-order valence-electron chi connectivity index (χ0n) is 24.5. The average Bonchev–Trinajstić information content (AvgIpc) is 2.84. The van der Waals surface area contributed by atoms with E-state index in [1.807, 2.05) is 6.08 Å². The Bertz CT molecular complexity index is 460. The highest BCUT2D eigenvalue weighted by molar-refractivity contribution is 5.69. The molecule has 0 fully saturated rings. The summed E-state index contributed by atoms with van der Waals surface area (Å²) in [5.74, 6) is 0.887. The van der Waals surface area contributed by atoms with Crippen molar-refractivity contribution in [2.24, 2.45) is 5.92 Å². The van der Waals surface area contributed by atoms with Gasteiger partial charge >= 0.3 is 5.97 Å². The lowest BCUT2D eigenvalue weighted by molar-refractivity contribution is -0.142. The van der Waals surface area contributed by atoms with Crippen LogP contribution in [0.5, 0.6) is 0 Å². The molecule has 0 aromatic heterocycles. The van der Waals surface area contributed by atoms with Crippen molar-refractivity contribution in [2.45, 2.75) is 155 Å². The monoisotopic (exact) mass is 493 g/mol. The van der Waals surface area contributed by atoms with Gasteiger partial charge in [-0.05, 0) is 52.2 Å². The minimum atomic E-state index is -0.0343. The number of hydrogen-bond acceptors (Lipinski definition) is 3. The van der Waals surface area contributed by atoms with Crippen LogP contribution >= 0.6 is 0 Å². The van der Waals surface area contributed by atoms with E-state index in [4.69, 9.17) is 4.74 Å². The van der Waals surface area contributed by atoms with E-state index >= 15 is 0 Å². The first-order valence-corrected chi connectivity index (χ1v) is 15.5. The summed E-state index contributed by atoms with van der Waals surface area (Å²) in [6, 6.07) is 0. The van der Waals surface area contributed by atoms with E-state index < -0.39 is 0 Å². The smallest absolute Gasteiger partial charge is 0.306 e. The number of nitrogens with zero attached hydrogens (tertiary/aromatic N) is 1. The summed E-state index contributed by atoms with van der Waals surface area (Å²) in [5.41, 5.74) is 0. The maximum atomic E-state index is 11.8. The molecule has 0 aliphatic carbocycles. The summed E-state index contributed by atoms with van der Waals surface area (Å²) in [6.45, 7) is 6.19. The summed E-state index contributed by atoms with van der Waals surface area (Å²) in [6.07, 6.45) is 32.6. The van der Waals surface area contributed by atoms with Gasteiger partial charge in [0.2, 0.25) is 0 Å². The van der Waals surface area contributed by atoms with Gasteiger partial charge in [0.1, 0.15) is 6.61 Å². The number of esters is 1. The molecule has 0 amide bonds. The molecule has 0 aliphatic heterocycles. The first-order valence-electron chi connectivity index (χ1n) is 15.5. The van der Waals surface area contributed by atoms with Crippen LogP contribution in [-0.4, -0.2) is 38.1 Å². The fourth-order valence-corrected chi connectivity index (χ4v) is 4.76. The zero-order chi connectivity index (χ0) is 25.8. The Morgan fingerprint density at radius 2 is 1.17 bits per heavy atom. The second kappa shape index (κ2) is 27.8. The molecule has 0 saturated heterocycles. The molecule has 3 heteroatoms. The topological polar surface area (TPSA) is 29.5 Å². The van der Waals surface area contributed by atoms with Crippen molar-refractivity contribution in [1.82, 2.24) is 4.90 Å². The maximum absolute atomic E-state index is 11.8. The quantitative estimate of drug-likeness (QED) is 0.0647. The lowest BCUT2D eigenvalue weighted by Crippen LogP contribution is -2.17. The van der Waals surface area contributed by atoms with E-state index in [1.165, 1.54) is 122 Å². The molecular formula is C32H63NO2. The van der Waals surface area contributed by atoms with E-state index in [2.05, 4.69) is 38.9 Å². The first kappa shape index (κ1) is 34.2. The van der Waals surface area contributed by atoms with Crippen molar-refractivity contribution < 1.29 is 9.53 Å². The minimum Gasteiger partial charge on any atom is -0.461 e. The number of carbonyl (C=O) groups is 1. The molecule has 0 bridgehead atoms. The molecule has 0 N–H and O–H groups in total. The predicted molar refractivity (Wildman–Crippen MR) is 155 cm³/mol. The van der Waals surface area contributed by atoms with Gasteiger partial charge < -0.3 is 9.64 Å². The molecule has 1 unspecified atom stereocenters. The van der Waals surface area contributed by atoms with Crippen LogP contribution in [0.15, 0.2) is 12.2 Å². The van der Waals surface area contributed by atoms with Gasteiger partial charge in [-0.15, -0.1) is 0 Å². The van der Waals surface area contributed by atoms with E-state index in [-0.39, 0.29) is 5.97 Å². The summed E-state index contributed by atoms with van der Waals surface area (Å²) in [4.78, 5) is 14.2. The highest BCUT2D eigenvalue weighted by atomic mass is 16.5. The second-order valence-electron chi connectivity index (χ2n) is 11.0. The summed E-state index contributed by atoms with van der Waals surface area (Å²) in [5, 5.41) is 0. The molecule has 0 aromatic carbocycles. The van der Waals surface area contributed by atoms with Gasteiger partial charge in [-0.25, -0.2) is 0 Å². The van der Waals surface area contributed by atoms with Crippen LogP contribution in [0.2, 0.25) is 0 Å². The molecule has 0 rings (SSSR count). The third-order valence-corrected chi connectivity index (χ3v) is 7.18. The van der Waals surface area contributed by atoms with E-state index in [0.29, 0.717) is 13.0 Å². The summed E-state index contributed by atoms with van der Waals surface area (Å²) in [7, 11) is 4.41. The van der Waals surface area contributed by atoms with Crippen LogP contribution in [0, 0.1) is 5.92 Å². The number of hydrogen-bond donors (Lipinski definition) is 0. The largest absolute Gasteiger partial charge is 0.461 e. The van der Waals surface area contributed by atoms with Gasteiger partial charge in [0.05, 0.1) is 0 Å². The number of carbonyl (C=O) groups excluding carboxylic acids is 1. The Hall–Kier alpha value is -0.830. The molecule has 1 atom stereocenters. The van der Waals surface area contributed by atoms with Gasteiger partial charge in [-0.3, -0.25) is 4.79 Å². The van der Waals surface area contributed by atoms with Crippen molar-refractivity contribution in [2.75, 3.05) is 27.2 Å². The number of allylic oxidation sites excluding steroid dienone is 1. The van der Waals surface area contributed by atoms with Crippen LogP contribution in [0.1, 0.15) is 155 Å². The van der Waals surface area contributed by atoms with Gasteiger partial charge in [-0.1, -0.05) is 135 Å². The Labute approximate surface area is 220 Å². The van der Waals surface area contributed by atoms with Crippen molar-refractivity contribution in [3.8, 4) is 0 Å². The minimum absolute atomic E-state index is 0.0343. The molecule has 0 aromatic rings. The standard InChI is InChI=1S/C32H63NO2/c1-5-7-9-11-14-17-21-25-31(28-29-33(3)4)26-22-18-15-13-16-19-23-27-32(34)35-30-24-20-12-10-8-6-2/h20,24,31H,5-19,21-23,25-30H2,1-4H3. The molecular weight excluding hydrogens is 430 g/mol. The molecule has 35 heavy (non-hydrogen) atoms. The van der Waals surface area contributed by atoms with Gasteiger partial charge in [0.25, 0.3) is 0 Å². The lowest BCUT2D eigenvalue weighted by atomic mass is 9.91. The van der Waals surface area contributed by atoms with E-state index in [1.54, 1.807) is 0 Å². The SMILES string of the molecule is CCCCCC=CCOC(=O)CCCCCCCCCC(CCCCCCCCC)CCN(C)C. The second-order valence-corrected chi connectivity index (χ2v) is 11.0. The predicted octanol–water partition coefficient (Wildman–Crippen LogP) is 9.89.